The summed E-state index contributed by atoms with van der Waals surface area (Å²) in [6.45, 7) is -0.0307. The van der Waals surface area contributed by atoms with E-state index in [1.807, 2.05) is 24.3 Å². The lowest BCUT2D eigenvalue weighted by Crippen LogP contribution is -2.39. The zero-order valence-corrected chi connectivity index (χ0v) is 23.4. The number of nitrogens with zero attached hydrogens (tertiary/aromatic N) is 2. The average molecular weight is 609 g/mol. The molecule has 10 heteroatoms. The molecular formula is C29H26BrN3O5S. The van der Waals surface area contributed by atoms with Crippen LogP contribution in [0.5, 0.6) is 11.5 Å². The molecule has 0 atom stereocenters. The van der Waals surface area contributed by atoms with Crippen LogP contribution in [0.2, 0.25) is 0 Å². The van der Waals surface area contributed by atoms with Crippen LogP contribution in [0.15, 0.2) is 118 Å². The van der Waals surface area contributed by atoms with Gasteiger partial charge < -0.3 is 9.47 Å². The fraction of sp³-hybridized carbons (Fsp3) is 0.103. The predicted octanol–water partition coefficient (Wildman–Crippen LogP) is 5.38. The molecule has 0 saturated carbocycles. The van der Waals surface area contributed by atoms with Crippen molar-refractivity contribution in [2.45, 2.75) is 11.5 Å². The number of hydrogen-bond acceptors (Lipinski definition) is 6. The molecule has 200 valence electrons. The van der Waals surface area contributed by atoms with Crippen molar-refractivity contribution in [3.05, 3.63) is 119 Å². The third-order valence-electron chi connectivity index (χ3n) is 5.58. The number of anilines is 1. The topological polar surface area (TPSA) is 97.3 Å². The highest BCUT2D eigenvalue weighted by molar-refractivity contribution is 9.10. The second-order valence-electron chi connectivity index (χ2n) is 8.30. The molecule has 4 rings (SSSR count). The van der Waals surface area contributed by atoms with E-state index < -0.39 is 22.5 Å². The number of sulfonamides is 1. The number of ether oxygens (including phenoxy) is 2. The van der Waals surface area contributed by atoms with Crippen LogP contribution in [-0.4, -0.2) is 34.2 Å². The van der Waals surface area contributed by atoms with Gasteiger partial charge in [0.05, 0.1) is 23.9 Å². The largest absolute Gasteiger partial charge is 0.497 e. The Morgan fingerprint density at radius 3 is 2.18 bits per heavy atom. The molecule has 1 amide bonds. The van der Waals surface area contributed by atoms with Crippen molar-refractivity contribution >= 4 is 43.8 Å². The quantitative estimate of drug-likeness (QED) is 0.182. The van der Waals surface area contributed by atoms with Crippen LogP contribution in [0.25, 0.3) is 0 Å². The summed E-state index contributed by atoms with van der Waals surface area (Å²) < 4.78 is 39.7. The van der Waals surface area contributed by atoms with E-state index in [-0.39, 0.29) is 4.90 Å². The molecule has 0 aliphatic carbocycles. The molecule has 0 heterocycles. The number of methoxy groups -OCH3 is 1. The standard InChI is InChI=1S/C29H26BrN3O5S/c1-37-26-17-13-25(14-18-26)33(39(35,36)28-5-3-2-4-6-28)20-29(34)32-31-19-22-9-15-27(16-10-22)38-21-23-7-11-24(30)12-8-23/h2-19H,20-21H2,1H3,(H,32,34)/b31-19+. The van der Waals surface area contributed by atoms with Gasteiger partial charge in [0.15, 0.2) is 0 Å². The molecule has 8 nitrogen and oxygen atoms in total. The van der Waals surface area contributed by atoms with Gasteiger partial charge >= 0.3 is 0 Å². The van der Waals surface area contributed by atoms with Crippen LogP contribution >= 0.6 is 15.9 Å². The van der Waals surface area contributed by atoms with Crippen LogP contribution in [0, 0.1) is 0 Å². The molecule has 0 aliphatic heterocycles. The summed E-state index contributed by atoms with van der Waals surface area (Å²) in [6.07, 6.45) is 1.47. The van der Waals surface area contributed by atoms with Gasteiger partial charge in [0, 0.05) is 4.47 Å². The lowest BCUT2D eigenvalue weighted by molar-refractivity contribution is -0.119. The van der Waals surface area contributed by atoms with Gasteiger partial charge in [0.25, 0.3) is 15.9 Å². The molecule has 0 fully saturated rings. The molecule has 0 bridgehead atoms. The van der Waals surface area contributed by atoms with Crippen LogP contribution < -0.4 is 19.2 Å². The first-order valence-corrected chi connectivity index (χ1v) is 14.1. The lowest BCUT2D eigenvalue weighted by Gasteiger charge is -2.23. The Balaban J connectivity index is 1.39. The molecule has 39 heavy (non-hydrogen) atoms. The average Bonchev–Trinajstić information content (AvgIpc) is 2.97. The summed E-state index contributed by atoms with van der Waals surface area (Å²) in [7, 11) is -2.50. The first-order valence-electron chi connectivity index (χ1n) is 11.9. The summed E-state index contributed by atoms with van der Waals surface area (Å²) in [6, 6.07) is 29.4. The van der Waals surface area contributed by atoms with E-state index in [1.54, 1.807) is 66.7 Å². The highest BCUT2D eigenvalue weighted by Gasteiger charge is 2.27. The molecule has 1 N–H and O–H groups in total. The molecule has 4 aromatic rings. The van der Waals surface area contributed by atoms with E-state index in [2.05, 4.69) is 26.5 Å². The summed E-state index contributed by atoms with van der Waals surface area (Å²) in [5.41, 5.74) is 4.50. The Hall–Kier alpha value is -4.15. The summed E-state index contributed by atoms with van der Waals surface area (Å²) in [5, 5.41) is 3.99. The minimum absolute atomic E-state index is 0.0690. The second kappa shape index (κ2) is 13.1. The normalized spacial score (nSPS) is 11.2. The van der Waals surface area contributed by atoms with Gasteiger partial charge in [-0.15, -0.1) is 0 Å². The van der Waals surface area contributed by atoms with E-state index >= 15 is 0 Å². The van der Waals surface area contributed by atoms with E-state index in [9.17, 15) is 13.2 Å². The highest BCUT2D eigenvalue weighted by atomic mass is 79.9. The van der Waals surface area contributed by atoms with Crippen molar-refractivity contribution < 1.29 is 22.7 Å². The zero-order chi connectivity index (χ0) is 27.7. The Morgan fingerprint density at radius 2 is 1.54 bits per heavy atom. The van der Waals surface area contributed by atoms with Gasteiger partial charge in [-0.05, 0) is 83.9 Å². The maximum absolute atomic E-state index is 13.4. The second-order valence-corrected chi connectivity index (χ2v) is 11.1. The number of carbonyl (C=O) groups excluding carboxylic acids is 1. The Kier molecular flexibility index (Phi) is 9.35. The number of amides is 1. The molecule has 0 unspecified atom stereocenters. The summed E-state index contributed by atoms with van der Waals surface area (Å²) in [4.78, 5) is 12.8. The van der Waals surface area contributed by atoms with Crippen molar-refractivity contribution in [2.75, 3.05) is 18.0 Å². The van der Waals surface area contributed by atoms with Gasteiger partial charge in [-0.1, -0.05) is 46.3 Å². The molecule has 0 saturated heterocycles. The minimum Gasteiger partial charge on any atom is -0.497 e. The number of nitrogens with one attached hydrogen (secondary N) is 1. The number of hydrazone groups is 1. The molecular weight excluding hydrogens is 582 g/mol. The van der Waals surface area contributed by atoms with Crippen molar-refractivity contribution in [1.82, 2.24) is 5.43 Å². The predicted molar refractivity (Wildman–Crippen MR) is 155 cm³/mol. The van der Waals surface area contributed by atoms with Crippen LogP contribution in [0.3, 0.4) is 0 Å². The van der Waals surface area contributed by atoms with E-state index in [0.717, 1.165) is 19.9 Å². The van der Waals surface area contributed by atoms with E-state index in [0.29, 0.717) is 23.8 Å². The third-order valence-corrected chi connectivity index (χ3v) is 7.90. The fourth-order valence-electron chi connectivity index (χ4n) is 3.53. The van der Waals surface area contributed by atoms with E-state index in [4.69, 9.17) is 9.47 Å². The van der Waals surface area contributed by atoms with Crippen molar-refractivity contribution in [3.8, 4) is 11.5 Å². The highest BCUT2D eigenvalue weighted by Crippen LogP contribution is 2.25. The monoisotopic (exact) mass is 607 g/mol. The number of benzene rings is 4. The maximum atomic E-state index is 13.4. The SMILES string of the molecule is COc1ccc(N(CC(=O)N/N=C/c2ccc(OCc3ccc(Br)cc3)cc2)S(=O)(=O)c2ccccc2)cc1. The first kappa shape index (κ1) is 27.9. The minimum atomic E-state index is -4.01. The van der Waals surface area contributed by atoms with E-state index in [1.165, 1.54) is 25.5 Å². The Morgan fingerprint density at radius 1 is 0.897 bits per heavy atom. The maximum Gasteiger partial charge on any atom is 0.264 e. The van der Waals surface area contributed by atoms with Crippen molar-refractivity contribution in [2.24, 2.45) is 5.10 Å². The first-order chi connectivity index (χ1) is 18.8. The number of carbonyl (C=O) groups is 1. The Labute approximate surface area is 236 Å². The van der Waals surface area contributed by atoms with Gasteiger partial charge in [-0.3, -0.25) is 9.10 Å². The summed E-state index contributed by atoms with van der Waals surface area (Å²) >= 11 is 3.41. The number of halogens is 1. The van der Waals surface area contributed by atoms with Gasteiger partial charge in [-0.2, -0.15) is 5.10 Å². The number of rotatable bonds is 11. The molecule has 0 spiro atoms. The Bertz CT molecular complexity index is 1510. The van der Waals surface area contributed by atoms with Gasteiger partial charge in [0.1, 0.15) is 24.7 Å². The van der Waals surface area contributed by atoms with Crippen molar-refractivity contribution in [3.63, 3.8) is 0 Å². The molecule has 4 aromatic carbocycles. The van der Waals surface area contributed by atoms with Gasteiger partial charge in [0.2, 0.25) is 0 Å². The lowest BCUT2D eigenvalue weighted by atomic mass is 10.2. The summed E-state index contributed by atoms with van der Waals surface area (Å²) in [5.74, 6) is 0.658. The van der Waals surface area contributed by atoms with Gasteiger partial charge in [-0.25, -0.2) is 13.8 Å². The molecule has 0 aliphatic rings. The van der Waals surface area contributed by atoms with Crippen LogP contribution in [0.4, 0.5) is 5.69 Å². The molecule has 0 aromatic heterocycles. The smallest absolute Gasteiger partial charge is 0.264 e. The zero-order valence-electron chi connectivity index (χ0n) is 21.0. The third kappa shape index (κ3) is 7.68. The van der Waals surface area contributed by atoms with Crippen LogP contribution in [0.1, 0.15) is 11.1 Å². The number of hydrogen-bond donors (Lipinski definition) is 1. The van der Waals surface area contributed by atoms with Crippen LogP contribution in [-0.2, 0) is 21.4 Å². The molecule has 0 radical (unpaired) electrons. The fourth-order valence-corrected chi connectivity index (χ4v) is 5.23. The van der Waals surface area contributed by atoms with Crippen molar-refractivity contribution in [1.29, 1.82) is 0 Å².